The Morgan fingerprint density at radius 1 is 0.806 bits per heavy atom. The molecule has 36 heavy (non-hydrogen) atoms. The third-order valence-electron chi connectivity index (χ3n) is 7.32. The molecule has 1 unspecified atom stereocenters. The lowest BCUT2D eigenvalue weighted by molar-refractivity contribution is -0.138. The standard InChI is InChI=1S/C30H26N4O2/c1-33-18-21(17-32-33)26-27(28(26)29(35)36)25-19-34(20-31-25)30(22-11-5-2-6-12-22,23-13-7-3-8-14-23)24-15-9-4-10-16-24/h2-20,26-28H,1H3,(H,35,36)/t26-,27?,28+/m0/s1. The third kappa shape index (κ3) is 3.45. The van der Waals surface area contributed by atoms with E-state index in [4.69, 9.17) is 4.98 Å². The number of hydrogen-bond donors (Lipinski definition) is 1. The van der Waals surface area contributed by atoms with E-state index in [-0.39, 0.29) is 11.8 Å². The SMILES string of the molecule is Cn1cc([C@H]2C(c3cn(C(c4ccccc4)(c4ccccc4)c4ccccc4)cn3)[C@@H]2C(=O)O)cn1. The molecule has 0 radical (unpaired) electrons. The van der Waals surface area contributed by atoms with Gasteiger partial charge in [-0.3, -0.25) is 9.48 Å². The van der Waals surface area contributed by atoms with Crippen LogP contribution in [0.15, 0.2) is 116 Å². The second-order valence-corrected chi connectivity index (χ2v) is 9.38. The lowest BCUT2D eigenvalue weighted by Crippen LogP contribution is -2.36. The highest BCUT2D eigenvalue weighted by Gasteiger charge is 2.58. The Bertz CT molecular complexity index is 1400. The molecule has 2 heterocycles. The molecule has 2 aromatic heterocycles. The van der Waals surface area contributed by atoms with Crippen LogP contribution in [0.3, 0.4) is 0 Å². The highest BCUT2D eigenvalue weighted by molar-refractivity contribution is 5.78. The molecule has 0 bridgehead atoms. The van der Waals surface area contributed by atoms with Crippen molar-refractivity contribution < 1.29 is 9.90 Å². The van der Waals surface area contributed by atoms with E-state index < -0.39 is 17.4 Å². The van der Waals surface area contributed by atoms with Crippen LogP contribution in [-0.4, -0.2) is 30.4 Å². The number of carboxylic acids is 1. The summed E-state index contributed by atoms with van der Waals surface area (Å²) < 4.78 is 3.85. The third-order valence-corrected chi connectivity index (χ3v) is 7.32. The second kappa shape index (κ2) is 8.64. The fraction of sp³-hybridized carbons (Fsp3) is 0.167. The molecule has 6 rings (SSSR count). The molecule has 1 aliphatic rings. The molecule has 1 N–H and O–H groups in total. The predicted octanol–water partition coefficient (Wildman–Crippen LogP) is 5.04. The molecule has 5 aromatic rings. The van der Waals surface area contributed by atoms with Gasteiger partial charge in [0.25, 0.3) is 0 Å². The number of aryl methyl sites for hydroxylation is 1. The Morgan fingerprint density at radius 2 is 1.33 bits per heavy atom. The van der Waals surface area contributed by atoms with Gasteiger partial charge in [-0.25, -0.2) is 4.98 Å². The number of rotatable bonds is 7. The van der Waals surface area contributed by atoms with Gasteiger partial charge in [0.1, 0.15) is 5.54 Å². The molecule has 3 atom stereocenters. The summed E-state index contributed by atoms with van der Waals surface area (Å²) in [5, 5.41) is 14.2. The molecular formula is C30H26N4O2. The minimum atomic E-state index is -0.802. The number of nitrogens with zero attached hydrogens (tertiary/aromatic N) is 4. The van der Waals surface area contributed by atoms with Crippen molar-refractivity contribution in [2.45, 2.75) is 17.4 Å². The highest BCUT2D eigenvalue weighted by Crippen LogP contribution is 2.60. The molecule has 6 nitrogen and oxygen atoms in total. The summed E-state index contributed by atoms with van der Waals surface area (Å²) in [6.07, 6.45) is 7.55. The first-order valence-corrected chi connectivity index (χ1v) is 12.0. The number of aromatic nitrogens is 4. The van der Waals surface area contributed by atoms with Crippen LogP contribution in [0.1, 0.15) is 39.8 Å². The summed E-state index contributed by atoms with van der Waals surface area (Å²) >= 11 is 0. The smallest absolute Gasteiger partial charge is 0.307 e. The van der Waals surface area contributed by atoms with E-state index in [1.807, 2.05) is 80.4 Å². The average Bonchev–Trinajstić information content (AvgIpc) is 3.21. The van der Waals surface area contributed by atoms with Crippen molar-refractivity contribution in [3.05, 3.63) is 144 Å². The van der Waals surface area contributed by atoms with Crippen LogP contribution in [0.25, 0.3) is 0 Å². The van der Waals surface area contributed by atoms with Crippen LogP contribution in [0.4, 0.5) is 0 Å². The Kier molecular flexibility index (Phi) is 5.29. The first-order valence-electron chi connectivity index (χ1n) is 12.0. The van der Waals surface area contributed by atoms with Gasteiger partial charge in [-0.2, -0.15) is 5.10 Å². The van der Waals surface area contributed by atoms with Crippen molar-refractivity contribution >= 4 is 5.97 Å². The fourth-order valence-corrected chi connectivity index (χ4v) is 5.69. The van der Waals surface area contributed by atoms with Gasteiger partial charge in [-0.15, -0.1) is 0 Å². The summed E-state index contributed by atoms with van der Waals surface area (Å²) in [5.74, 6) is -1.66. The molecule has 1 aliphatic carbocycles. The zero-order valence-corrected chi connectivity index (χ0v) is 19.8. The Balaban J connectivity index is 1.53. The van der Waals surface area contributed by atoms with Gasteiger partial charge in [-0.1, -0.05) is 91.0 Å². The second-order valence-electron chi connectivity index (χ2n) is 9.38. The largest absolute Gasteiger partial charge is 0.481 e. The molecule has 3 aromatic carbocycles. The molecule has 178 valence electrons. The molecule has 0 amide bonds. The lowest BCUT2D eigenvalue weighted by Gasteiger charge is -2.37. The van der Waals surface area contributed by atoms with Crippen molar-refractivity contribution in [2.75, 3.05) is 0 Å². The first-order chi connectivity index (χ1) is 17.6. The van der Waals surface area contributed by atoms with Crippen molar-refractivity contribution in [2.24, 2.45) is 13.0 Å². The maximum Gasteiger partial charge on any atom is 0.307 e. The zero-order valence-electron chi connectivity index (χ0n) is 19.8. The Hall–Kier alpha value is -4.45. The van der Waals surface area contributed by atoms with E-state index in [2.05, 4.69) is 46.1 Å². The van der Waals surface area contributed by atoms with Gasteiger partial charge >= 0.3 is 5.97 Å². The summed E-state index contributed by atoms with van der Waals surface area (Å²) in [4.78, 5) is 17.0. The molecule has 0 saturated heterocycles. The maximum absolute atomic E-state index is 12.1. The molecular weight excluding hydrogens is 448 g/mol. The summed E-state index contributed by atoms with van der Waals surface area (Å²) in [5.41, 5.74) is 4.34. The number of carbonyl (C=O) groups is 1. The van der Waals surface area contributed by atoms with Crippen LogP contribution in [0.2, 0.25) is 0 Å². The maximum atomic E-state index is 12.1. The first kappa shape index (κ1) is 22.0. The Morgan fingerprint density at radius 3 is 1.78 bits per heavy atom. The van der Waals surface area contributed by atoms with Gasteiger partial charge in [0.15, 0.2) is 0 Å². The average molecular weight is 475 g/mol. The van der Waals surface area contributed by atoms with E-state index >= 15 is 0 Å². The lowest BCUT2D eigenvalue weighted by atomic mass is 9.77. The van der Waals surface area contributed by atoms with Crippen LogP contribution >= 0.6 is 0 Å². The van der Waals surface area contributed by atoms with Gasteiger partial charge in [0.05, 0.1) is 24.1 Å². The fourth-order valence-electron chi connectivity index (χ4n) is 5.69. The highest BCUT2D eigenvalue weighted by atomic mass is 16.4. The van der Waals surface area contributed by atoms with Crippen LogP contribution in [0, 0.1) is 5.92 Å². The van der Waals surface area contributed by atoms with Crippen LogP contribution in [0.5, 0.6) is 0 Å². The summed E-state index contributed by atoms with van der Waals surface area (Å²) in [6.45, 7) is 0. The molecule has 6 heteroatoms. The number of imidazole rings is 1. The quantitative estimate of drug-likeness (QED) is 0.336. The van der Waals surface area contributed by atoms with Crippen molar-refractivity contribution in [3.8, 4) is 0 Å². The monoisotopic (exact) mass is 474 g/mol. The number of hydrogen-bond acceptors (Lipinski definition) is 3. The van der Waals surface area contributed by atoms with Crippen molar-refractivity contribution in [1.82, 2.24) is 19.3 Å². The topological polar surface area (TPSA) is 72.9 Å². The number of carboxylic acid groups (broad SMARTS) is 1. The van der Waals surface area contributed by atoms with Crippen LogP contribution in [-0.2, 0) is 17.4 Å². The molecule has 0 spiro atoms. The van der Waals surface area contributed by atoms with E-state index in [9.17, 15) is 9.90 Å². The van der Waals surface area contributed by atoms with Crippen LogP contribution < -0.4 is 0 Å². The van der Waals surface area contributed by atoms with Gasteiger partial charge in [0.2, 0.25) is 0 Å². The minimum Gasteiger partial charge on any atom is -0.481 e. The minimum absolute atomic E-state index is 0.140. The van der Waals surface area contributed by atoms with Gasteiger partial charge in [-0.05, 0) is 22.3 Å². The summed E-state index contributed by atoms with van der Waals surface area (Å²) in [7, 11) is 1.85. The molecule has 1 fully saturated rings. The van der Waals surface area contributed by atoms with Crippen molar-refractivity contribution in [1.29, 1.82) is 0 Å². The van der Waals surface area contributed by atoms with Crippen molar-refractivity contribution in [3.63, 3.8) is 0 Å². The zero-order chi connectivity index (χ0) is 24.7. The van der Waals surface area contributed by atoms with E-state index in [1.165, 1.54) is 0 Å². The Labute approximate surface area is 209 Å². The van der Waals surface area contributed by atoms with Gasteiger partial charge < -0.3 is 9.67 Å². The van der Waals surface area contributed by atoms with Gasteiger partial charge in [0, 0.05) is 31.3 Å². The number of benzene rings is 3. The van der Waals surface area contributed by atoms with E-state index in [1.54, 1.807) is 10.9 Å². The molecule has 0 aliphatic heterocycles. The van der Waals surface area contributed by atoms with E-state index in [0.29, 0.717) is 0 Å². The summed E-state index contributed by atoms with van der Waals surface area (Å²) in [6, 6.07) is 31.2. The predicted molar refractivity (Wildman–Crippen MR) is 137 cm³/mol. The number of aliphatic carboxylic acids is 1. The molecule has 1 saturated carbocycles. The van der Waals surface area contributed by atoms with E-state index in [0.717, 1.165) is 27.9 Å². The normalized spacial score (nSPS) is 19.2.